The van der Waals surface area contributed by atoms with E-state index in [-0.39, 0.29) is 0 Å². The van der Waals surface area contributed by atoms with Crippen LogP contribution in [0.5, 0.6) is 0 Å². The highest BCUT2D eigenvalue weighted by atomic mass is 16.5. The molecule has 1 fully saturated rings. The van der Waals surface area contributed by atoms with Crippen molar-refractivity contribution in [2.75, 3.05) is 26.8 Å². The zero-order valence-corrected chi connectivity index (χ0v) is 10.6. The van der Waals surface area contributed by atoms with Gasteiger partial charge in [-0.1, -0.05) is 24.3 Å². The lowest BCUT2D eigenvalue weighted by molar-refractivity contribution is 0.152. The van der Waals surface area contributed by atoms with Crippen molar-refractivity contribution in [3.05, 3.63) is 35.4 Å². The van der Waals surface area contributed by atoms with E-state index in [2.05, 4.69) is 29.2 Å². The highest BCUT2D eigenvalue weighted by Crippen LogP contribution is 2.20. The lowest BCUT2D eigenvalue weighted by Gasteiger charge is -2.17. The van der Waals surface area contributed by atoms with Crippen LogP contribution in [0.4, 0.5) is 0 Å². The number of likely N-dealkylation sites (tertiary alicyclic amines) is 1. The number of rotatable bonds is 5. The molecule has 1 aromatic rings. The summed E-state index contributed by atoms with van der Waals surface area (Å²) in [6, 6.07) is 8.46. The predicted molar refractivity (Wildman–Crippen MR) is 69.6 cm³/mol. The minimum Gasteiger partial charge on any atom is -0.384 e. The van der Waals surface area contributed by atoms with Gasteiger partial charge in [0.2, 0.25) is 0 Å². The molecule has 0 spiro atoms. The first-order valence-electron chi connectivity index (χ1n) is 6.31. The van der Waals surface area contributed by atoms with Crippen molar-refractivity contribution in [1.82, 2.24) is 4.90 Å². The van der Waals surface area contributed by atoms with Crippen molar-refractivity contribution in [3.63, 3.8) is 0 Å². The van der Waals surface area contributed by atoms with Crippen molar-refractivity contribution in [1.29, 1.82) is 0 Å². The molecule has 1 heterocycles. The van der Waals surface area contributed by atoms with Crippen LogP contribution in [0, 0.1) is 5.92 Å². The molecule has 2 rings (SSSR count). The van der Waals surface area contributed by atoms with Crippen LogP contribution in [0.15, 0.2) is 24.3 Å². The molecule has 1 saturated heterocycles. The average Bonchev–Trinajstić information content (AvgIpc) is 2.78. The minimum absolute atomic E-state index is 0.630. The van der Waals surface area contributed by atoms with E-state index in [1.165, 1.54) is 24.1 Å². The van der Waals surface area contributed by atoms with Crippen molar-refractivity contribution < 1.29 is 4.74 Å². The molecular formula is C14H22N2O. The fourth-order valence-electron chi connectivity index (χ4n) is 2.58. The van der Waals surface area contributed by atoms with Crippen molar-refractivity contribution in [2.45, 2.75) is 19.5 Å². The first-order valence-corrected chi connectivity index (χ1v) is 6.31. The van der Waals surface area contributed by atoms with E-state index >= 15 is 0 Å². The van der Waals surface area contributed by atoms with Gasteiger partial charge >= 0.3 is 0 Å². The molecule has 17 heavy (non-hydrogen) atoms. The van der Waals surface area contributed by atoms with E-state index in [0.717, 1.165) is 19.7 Å². The number of nitrogens with two attached hydrogens (primary N) is 1. The number of nitrogens with zero attached hydrogens (tertiary/aromatic N) is 1. The standard InChI is InChI=1S/C14H22N2O/c1-17-11-12-6-7-16(9-12)10-14-5-3-2-4-13(14)8-15/h2-5,12H,6-11,15H2,1H3. The molecule has 2 N–H and O–H groups in total. The SMILES string of the molecule is COCC1CCN(Cc2ccccc2CN)C1. The zero-order valence-electron chi connectivity index (χ0n) is 10.6. The van der Waals surface area contributed by atoms with E-state index in [9.17, 15) is 0 Å². The molecule has 1 unspecified atom stereocenters. The quantitative estimate of drug-likeness (QED) is 0.841. The van der Waals surface area contributed by atoms with Crippen LogP contribution < -0.4 is 5.73 Å². The predicted octanol–water partition coefficient (Wildman–Crippen LogP) is 1.61. The topological polar surface area (TPSA) is 38.5 Å². The van der Waals surface area contributed by atoms with Crippen LogP contribution in [0.1, 0.15) is 17.5 Å². The second-order valence-electron chi connectivity index (χ2n) is 4.82. The molecule has 0 aliphatic carbocycles. The Kier molecular flexibility index (Phi) is 4.54. The first-order chi connectivity index (χ1) is 8.33. The number of benzene rings is 1. The largest absolute Gasteiger partial charge is 0.384 e. The average molecular weight is 234 g/mol. The Morgan fingerprint density at radius 2 is 2.12 bits per heavy atom. The van der Waals surface area contributed by atoms with Gasteiger partial charge in [-0.05, 0) is 30.0 Å². The fourth-order valence-corrected chi connectivity index (χ4v) is 2.58. The lowest BCUT2D eigenvalue weighted by atomic mass is 10.1. The summed E-state index contributed by atoms with van der Waals surface area (Å²) in [4.78, 5) is 2.50. The summed E-state index contributed by atoms with van der Waals surface area (Å²) in [5.41, 5.74) is 8.40. The van der Waals surface area contributed by atoms with Gasteiger partial charge in [0.05, 0.1) is 6.61 Å². The normalized spacial score (nSPS) is 20.9. The van der Waals surface area contributed by atoms with E-state index in [1.807, 2.05) is 0 Å². The molecule has 0 amide bonds. The van der Waals surface area contributed by atoms with Crippen LogP contribution in [-0.4, -0.2) is 31.7 Å². The Bertz CT molecular complexity index is 354. The van der Waals surface area contributed by atoms with Gasteiger partial charge in [0.25, 0.3) is 0 Å². The molecule has 0 bridgehead atoms. The van der Waals surface area contributed by atoms with Crippen LogP contribution in [0.3, 0.4) is 0 Å². The van der Waals surface area contributed by atoms with Gasteiger partial charge in [0.1, 0.15) is 0 Å². The Labute approximate surface area is 104 Å². The zero-order chi connectivity index (χ0) is 12.1. The highest BCUT2D eigenvalue weighted by Gasteiger charge is 2.22. The van der Waals surface area contributed by atoms with Gasteiger partial charge < -0.3 is 10.5 Å². The summed E-state index contributed by atoms with van der Waals surface area (Å²) in [6.07, 6.45) is 1.25. The maximum atomic E-state index is 5.76. The van der Waals surface area contributed by atoms with Crippen LogP contribution in [0.2, 0.25) is 0 Å². The maximum absolute atomic E-state index is 5.76. The third kappa shape index (κ3) is 3.28. The summed E-state index contributed by atoms with van der Waals surface area (Å²) in [7, 11) is 1.78. The summed E-state index contributed by atoms with van der Waals surface area (Å²) in [5.74, 6) is 0.699. The maximum Gasteiger partial charge on any atom is 0.0503 e. The lowest BCUT2D eigenvalue weighted by Crippen LogP contribution is -2.22. The molecule has 3 nitrogen and oxygen atoms in total. The monoisotopic (exact) mass is 234 g/mol. The van der Waals surface area contributed by atoms with Gasteiger partial charge in [0, 0.05) is 26.7 Å². The molecule has 0 radical (unpaired) electrons. The summed E-state index contributed by atoms with van der Waals surface area (Å²) in [5, 5.41) is 0. The Hall–Kier alpha value is -0.900. The van der Waals surface area contributed by atoms with Gasteiger partial charge in [-0.15, -0.1) is 0 Å². The summed E-state index contributed by atoms with van der Waals surface area (Å²) < 4.78 is 5.22. The highest BCUT2D eigenvalue weighted by molar-refractivity contribution is 5.26. The minimum atomic E-state index is 0.630. The molecule has 94 valence electrons. The number of hydrogen-bond donors (Lipinski definition) is 1. The van der Waals surface area contributed by atoms with E-state index < -0.39 is 0 Å². The van der Waals surface area contributed by atoms with Gasteiger partial charge in [-0.3, -0.25) is 4.90 Å². The van der Waals surface area contributed by atoms with Crippen molar-refractivity contribution in [3.8, 4) is 0 Å². The van der Waals surface area contributed by atoms with E-state index in [1.54, 1.807) is 7.11 Å². The summed E-state index contributed by atoms with van der Waals surface area (Å²) in [6.45, 7) is 4.85. The van der Waals surface area contributed by atoms with Crippen LogP contribution >= 0.6 is 0 Å². The second kappa shape index (κ2) is 6.15. The molecule has 1 atom stereocenters. The fraction of sp³-hybridized carbons (Fsp3) is 0.571. The van der Waals surface area contributed by atoms with E-state index in [4.69, 9.17) is 10.5 Å². The number of methoxy groups -OCH3 is 1. The Morgan fingerprint density at radius 1 is 1.35 bits per heavy atom. The second-order valence-corrected chi connectivity index (χ2v) is 4.82. The van der Waals surface area contributed by atoms with Gasteiger partial charge in [0.15, 0.2) is 0 Å². The Morgan fingerprint density at radius 3 is 2.82 bits per heavy atom. The van der Waals surface area contributed by atoms with Crippen molar-refractivity contribution >= 4 is 0 Å². The Balaban J connectivity index is 1.93. The smallest absolute Gasteiger partial charge is 0.0503 e. The molecule has 1 aliphatic heterocycles. The van der Waals surface area contributed by atoms with Crippen LogP contribution in [0.25, 0.3) is 0 Å². The summed E-state index contributed by atoms with van der Waals surface area (Å²) >= 11 is 0. The molecule has 1 aromatic carbocycles. The number of ether oxygens (including phenoxy) is 1. The number of hydrogen-bond acceptors (Lipinski definition) is 3. The third-order valence-corrected chi connectivity index (χ3v) is 3.50. The van der Waals surface area contributed by atoms with Crippen molar-refractivity contribution in [2.24, 2.45) is 11.7 Å². The third-order valence-electron chi connectivity index (χ3n) is 3.50. The molecule has 0 aromatic heterocycles. The first kappa shape index (κ1) is 12.6. The van der Waals surface area contributed by atoms with Gasteiger partial charge in [-0.2, -0.15) is 0 Å². The molecule has 3 heteroatoms. The van der Waals surface area contributed by atoms with Gasteiger partial charge in [-0.25, -0.2) is 0 Å². The molecule has 1 aliphatic rings. The van der Waals surface area contributed by atoms with E-state index in [0.29, 0.717) is 12.5 Å². The molecule has 0 saturated carbocycles. The molecular weight excluding hydrogens is 212 g/mol. The van der Waals surface area contributed by atoms with Crippen LogP contribution in [-0.2, 0) is 17.8 Å².